The number of hydrogen-bond donors (Lipinski definition) is 1. The van der Waals surface area contributed by atoms with Crippen LogP contribution >= 0.6 is 34.8 Å². The van der Waals surface area contributed by atoms with E-state index in [9.17, 15) is 15.2 Å². The number of anilines is 1. The number of nitrogens with zero attached hydrogens (tertiary/aromatic N) is 3. The Bertz CT molecular complexity index is 796. The summed E-state index contributed by atoms with van der Waals surface area (Å²) in [6.45, 7) is 0. The second-order valence-corrected chi connectivity index (χ2v) is 5.76. The molecule has 2 aromatic carbocycles. The van der Waals surface area contributed by atoms with E-state index in [1.807, 2.05) is 0 Å². The number of hydrazone groups is 1. The summed E-state index contributed by atoms with van der Waals surface area (Å²) in [7, 11) is 1.52. The van der Waals surface area contributed by atoms with Gasteiger partial charge in [-0.25, -0.2) is 0 Å². The van der Waals surface area contributed by atoms with E-state index in [4.69, 9.17) is 34.8 Å². The van der Waals surface area contributed by atoms with E-state index in [0.29, 0.717) is 5.02 Å². The van der Waals surface area contributed by atoms with Gasteiger partial charge in [0.1, 0.15) is 11.4 Å². The number of phenolic OH excluding ortho intramolecular Hbond substituents is 1. The zero-order chi connectivity index (χ0) is 17.1. The van der Waals surface area contributed by atoms with E-state index in [-0.39, 0.29) is 32.7 Å². The van der Waals surface area contributed by atoms with Gasteiger partial charge in [-0.15, -0.1) is 0 Å². The number of hydrogen-bond acceptors (Lipinski definition) is 5. The highest BCUT2D eigenvalue weighted by atomic mass is 35.5. The molecule has 0 bridgehead atoms. The molecule has 0 saturated heterocycles. The molecule has 2 aromatic rings. The zero-order valence-corrected chi connectivity index (χ0v) is 14.0. The summed E-state index contributed by atoms with van der Waals surface area (Å²) in [4.78, 5) is 10.5. The molecule has 120 valence electrons. The van der Waals surface area contributed by atoms with Gasteiger partial charge in [0.25, 0.3) is 5.69 Å². The van der Waals surface area contributed by atoms with Crippen molar-refractivity contribution in [3.8, 4) is 5.75 Å². The average molecular weight is 375 g/mol. The van der Waals surface area contributed by atoms with E-state index < -0.39 is 4.92 Å². The Labute approximate surface area is 146 Å². The van der Waals surface area contributed by atoms with E-state index >= 15 is 0 Å². The third-order valence-electron chi connectivity index (χ3n) is 2.91. The van der Waals surface area contributed by atoms with Crippen molar-refractivity contribution in [1.29, 1.82) is 0 Å². The molecule has 6 nitrogen and oxygen atoms in total. The summed E-state index contributed by atoms with van der Waals surface area (Å²) >= 11 is 17.5. The third-order valence-corrected chi connectivity index (χ3v) is 3.65. The van der Waals surface area contributed by atoms with Crippen LogP contribution in [0.5, 0.6) is 5.75 Å². The Morgan fingerprint density at radius 1 is 1.22 bits per heavy atom. The van der Waals surface area contributed by atoms with Crippen molar-refractivity contribution in [1.82, 2.24) is 0 Å². The molecule has 0 amide bonds. The molecule has 0 aromatic heterocycles. The molecular formula is C14H10Cl3N3O3. The smallest absolute Gasteiger partial charge is 0.295 e. The first-order chi connectivity index (χ1) is 10.8. The largest absolute Gasteiger partial charge is 0.506 e. The first kappa shape index (κ1) is 17.3. The monoisotopic (exact) mass is 373 g/mol. The Morgan fingerprint density at radius 2 is 1.91 bits per heavy atom. The van der Waals surface area contributed by atoms with E-state index in [0.717, 1.165) is 0 Å². The number of aromatic hydroxyl groups is 1. The first-order valence-electron chi connectivity index (χ1n) is 6.19. The molecule has 0 spiro atoms. The molecule has 0 atom stereocenters. The number of nitro benzene ring substituents is 1. The summed E-state index contributed by atoms with van der Waals surface area (Å²) in [5.41, 5.74) is 0.333. The predicted molar refractivity (Wildman–Crippen MR) is 92.2 cm³/mol. The van der Waals surface area contributed by atoms with Crippen LogP contribution in [0.1, 0.15) is 5.56 Å². The number of rotatable bonds is 4. The quantitative estimate of drug-likeness (QED) is 0.476. The molecule has 0 saturated carbocycles. The highest BCUT2D eigenvalue weighted by molar-refractivity contribution is 6.36. The van der Waals surface area contributed by atoms with Gasteiger partial charge in [0, 0.05) is 28.7 Å². The maximum Gasteiger partial charge on any atom is 0.295 e. The minimum atomic E-state index is -0.555. The number of nitro groups is 1. The van der Waals surface area contributed by atoms with Crippen LogP contribution in [0, 0.1) is 10.1 Å². The summed E-state index contributed by atoms with van der Waals surface area (Å²) in [5, 5.41) is 27.0. The summed E-state index contributed by atoms with van der Waals surface area (Å²) in [5.74, 6) is -0.182. The van der Waals surface area contributed by atoms with E-state index in [1.54, 1.807) is 0 Å². The summed E-state index contributed by atoms with van der Waals surface area (Å²) < 4.78 is 0. The van der Waals surface area contributed by atoms with Crippen LogP contribution in [0.15, 0.2) is 35.4 Å². The van der Waals surface area contributed by atoms with Gasteiger partial charge in [0.15, 0.2) is 0 Å². The average Bonchev–Trinajstić information content (AvgIpc) is 2.48. The minimum absolute atomic E-state index is 0.0825. The van der Waals surface area contributed by atoms with Gasteiger partial charge in [0.2, 0.25) is 0 Å². The second kappa shape index (κ2) is 7.04. The van der Waals surface area contributed by atoms with Crippen molar-refractivity contribution < 1.29 is 10.0 Å². The Kier molecular flexibility index (Phi) is 5.30. The van der Waals surface area contributed by atoms with Crippen LogP contribution in [-0.2, 0) is 0 Å². The van der Waals surface area contributed by atoms with Crippen LogP contribution < -0.4 is 5.01 Å². The van der Waals surface area contributed by atoms with Crippen molar-refractivity contribution in [2.24, 2.45) is 5.10 Å². The van der Waals surface area contributed by atoms with Crippen LogP contribution in [0.25, 0.3) is 0 Å². The molecule has 0 fully saturated rings. The Balaban J connectivity index is 2.36. The van der Waals surface area contributed by atoms with E-state index in [2.05, 4.69) is 5.10 Å². The predicted octanol–water partition coefficient (Wildman–Crippen LogP) is 4.73. The molecule has 9 heteroatoms. The third kappa shape index (κ3) is 4.04. The number of phenols is 1. The normalized spacial score (nSPS) is 11.0. The molecule has 0 unspecified atom stereocenters. The van der Waals surface area contributed by atoms with Crippen LogP contribution in [0.3, 0.4) is 0 Å². The fraction of sp³-hybridized carbons (Fsp3) is 0.0714. The van der Waals surface area contributed by atoms with Crippen molar-refractivity contribution >= 4 is 52.4 Å². The molecule has 23 heavy (non-hydrogen) atoms. The van der Waals surface area contributed by atoms with Crippen LogP contribution in [0.2, 0.25) is 15.1 Å². The second-order valence-electron chi connectivity index (χ2n) is 4.48. The molecule has 0 aliphatic heterocycles. The van der Waals surface area contributed by atoms with Crippen molar-refractivity contribution in [2.75, 3.05) is 12.1 Å². The minimum Gasteiger partial charge on any atom is -0.506 e. The fourth-order valence-corrected chi connectivity index (χ4v) is 2.49. The van der Waals surface area contributed by atoms with E-state index in [1.165, 1.54) is 48.6 Å². The molecule has 0 heterocycles. The van der Waals surface area contributed by atoms with Gasteiger partial charge in [-0.05, 0) is 24.3 Å². The molecular weight excluding hydrogens is 365 g/mol. The molecule has 0 aliphatic carbocycles. The molecule has 0 aliphatic rings. The Morgan fingerprint density at radius 3 is 2.57 bits per heavy atom. The summed E-state index contributed by atoms with van der Waals surface area (Å²) in [6, 6.07) is 7.09. The number of halogens is 3. The highest BCUT2D eigenvalue weighted by Gasteiger charge is 2.17. The number of benzene rings is 2. The fourth-order valence-electron chi connectivity index (χ4n) is 1.81. The lowest BCUT2D eigenvalue weighted by Gasteiger charge is -2.13. The molecule has 0 radical (unpaired) electrons. The lowest BCUT2D eigenvalue weighted by Crippen LogP contribution is -2.11. The van der Waals surface area contributed by atoms with Gasteiger partial charge in [0.05, 0.1) is 16.2 Å². The van der Waals surface area contributed by atoms with Crippen LogP contribution in [0.4, 0.5) is 11.4 Å². The van der Waals surface area contributed by atoms with Gasteiger partial charge < -0.3 is 5.11 Å². The zero-order valence-electron chi connectivity index (χ0n) is 11.7. The SMILES string of the molecule is CN(N=Cc1cc(Cl)cc(Cl)c1O)c1ccc(Cl)cc1[N+](=O)[O-]. The van der Waals surface area contributed by atoms with Gasteiger partial charge in [-0.1, -0.05) is 34.8 Å². The maximum atomic E-state index is 11.1. The highest BCUT2D eigenvalue weighted by Crippen LogP contribution is 2.32. The lowest BCUT2D eigenvalue weighted by molar-refractivity contribution is -0.384. The van der Waals surface area contributed by atoms with Gasteiger partial charge in [-0.3, -0.25) is 15.1 Å². The van der Waals surface area contributed by atoms with Crippen molar-refractivity contribution in [2.45, 2.75) is 0 Å². The standard InChI is InChI=1S/C14H10Cl3N3O3/c1-19(12-3-2-9(15)6-13(12)20(22)23)18-7-8-4-10(16)5-11(17)14(8)21/h2-7,21H,1H3. The first-order valence-corrected chi connectivity index (χ1v) is 7.32. The topological polar surface area (TPSA) is 79.0 Å². The lowest BCUT2D eigenvalue weighted by atomic mass is 10.2. The van der Waals surface area contributed by atoms with Crippen LogP contribution in [-0.4, -0.2) is 23.3 Å². The van der Waals surface area contributed by atoms with Crippen molar-refractivity contribution in [3.63, 3.8) is 0 Å². The maximum absolute atomic E-state index is 11.1. The Hall–Kier alpha value is -2.02. The van der Waals surface area contributed by atoms with Gasteiger partial charge >= 0.3 is 0 Å². The summed E-state index contributed by atoms with van der Waals surface area (Å²) in [6.07, 6.45) is 1.30. The molecule has 2 rings (SSSR count). The van der Waals surface area contributed by atoms with Crippen molar-refractivity contribution in [3.05, 3.63) is 61.1 Å². The van der Waals surface area contributed by atoms with Gasteiger partial charge in [-0.2, -0.15) is 5.10 Å². The molecule has 1 N–H and O–H groups in total.